The van der Waals surface area contributed by atoms with E-state index in [9.17, 15) is 0 Å². The molecular formula is C22H24ClN5. The van der Waals surface area contributed by atoms with Gasteiger partial charge < -0.3 is 15.1 Å². The van der Waals surface area contributed by atoms with Gasteiger partial charge in [-0.15, -0.1) is 0 Å². The summed E-state index contributed by atoms with van der Waals surface area (Å²) in [6, 6.07) is 18.3. The predicted molar refractivity (Wildman–Crippen MR) is 117 cm³/mol. The maximum Gasteiger partial charge on any atom is 0.227 e. The first kappa shape index (κ1) is 18.6. The van der Waals surface area contributed by atoms with Crippen molar-refractivity contribution < 1.29 is 0 Å². The zero-order chi connectivity index (χ0) is 19.3. The minimum Gasteiger partial charge on any atom is -0.368 e. The van der Waals surface area contributed by atoms with Gasteiger partial charge in [0.15, 0.2) is 0 Å². The number of aryl methyl sites for hydroxylation is 1. The maximum absolute atomic E-state index is 6.13. The Morgan fingerprint density at radius 3 is 2.54 bits per heavy atom. The third-order valence-corrected chi connectivity index (χ3v) is 5.27. The third-order valence-electron chi connectivity index (χ3n) is 5.04. The van der Waals surface area contributed by atoms with E-state index in [0.717, 1.165) is 55.1 Å². The molecule has 1 N–H and O–H groups in total. The molecule has 1 saturated heterocycles. The number of hydrogen-bond donors (Lipinski definition) is 1. The first-order chi connectivity index (χ1) is 13.7. The number of anilines is 4. The molecule has 2 aromatic carbocycles. The lowest BCUT2D eigenvalue weighted by Crippen LogP contribution is -2.47. The van der Waals surface area contributed by atoms with Gasteiger partial charge in [-0.25, -0.2) is 4.98 Å². The topological polar surface area (TPSA) is 44.3 Å². The van der Waals surface area contributed by atoms with Crippen molar-refractivity contribution in [1.29, 1.82) is 0 Å². The second kappa shape index (κ2) is 8.48. The summed E-state index contributed by atoms with van der Waals surface area (Å²) in [5.74, 6) is 1.59. The van der Waals surface area contributed by atoms with Gasteiger partial charge in [-0.05, 0) is 42.3 Å². The lowest BCUT2D eigenvalue weighted by atomic mass is 10.1. The largest absolute Gasteiger partial charge is 0.368 e. The minimum atomic E-state index is 0.768. The van der Waals surface area contributed by atoms with E-state index in [1.165, 1.54) is 11.3 Å². The molecule has 0 radical (unpaired) electrons. The highest BCUT2D eigenvalue weighted by molar-refractivity contribution is 6.30. The molecule has 0 amide bonds. The van der Waals surface area contributed by atoms with Crippen molar-refractivity contribution in [2.75, 3.05) is 41.3 Å². The second-order valence-electron chi connectivity index (χ2n) is 6.83. The van der Waals surface area contributed by atoms with E-state index in [1.807, 2.05) is 36.5 Å². The standard InChI is InChI=1S/C22H24ClN5/c1-2-17-6-3-4-9-20(17)25-21-10-11-24-22(26-21)28-14-12-27(13-15-28)19-8-5-7-18(23)16-19/h3-11,16H,2,12-15H2,1H3,(H,24,25,26). The number of halogens is 1. The van der Waals surface area contributed by atoms with Crippen molar-refractivity contribution in [3.05, 3.63) is 71.4 Å². The van der Waals surface area contributed by atoms with Crippen LogP contribution in [0.4, 0.5) is 23.1 Å². The van der Waals surface area contributed by atoms with E-state index >= 15 is 0 Å². The Bertz CT molecular complexity index is 937. The summed E-state index contributed by atoms with van der Waals surface area (Å²) in [5, 5.41) is 4.21. The number of nitrogens with zero attached hydrogens (tertiary/aromatic N) is 4. The molecule has 1 aliphatic rings. The molecule has 1 aliphatic heterocycles. The van der Waals surface area contributed by atoms with Gasteiger partial charge in [0, 0.05) is 48.8 Å². The zero-order valence-corrected chi connectivity index (χ0v) is 16.7. The van der Waals surface area contributed by atoms with Gasteiger partial charge in [0.25, 0.3) is 0 Å². The molecule has 28 heavy (non-hydrogen) atoms. The fourth-order valence-corrected chi connectivity index (χ4v) is 3.68. The fraction of sp³-hybridized carbons (Fsp3) is 0.273. The van der Waals surface area contributed by atoms with Crippen LogP contribution in [0.1, 0.15) is 12.5 Å². The number of nitrogens with one attached hydrogen (secondary N) is 1. The SMILES string of the molecule is CCc1ccccc1Nc1ccnc(N2CCN(c3cccc(Cl)c3)CC2)n1. The Hall–Kier alpha value is -2.79. The molecule has 0 saturated carbocycles. The molecule has 0 bridgehead atoms. The summed E-state index contributed by atoms with van der Waals surface area (Å²) in [5.41, 5.74) is 3.54. The van der Waals surface area contributed by atoms with Gasteiger partial charge in [0.05, 0.1) is 0 Å². The summed E-state index contributed by atoms with van der Waals surface area (Å²) in [7, 11) is 0. The van der Waals surface area contributed by atoms with E-state index in [0.29, 0.717) is 0 Å². The predicted octanol–water partition coefficient (Wildman–Crippen LogP) is 4.76. The van der Waals surface area contributed by atoms with Gasteiger partial charge in [-0.3, -0.25) is 0 Å². The molecule has 6 heteroatoms. The first-order valence-electron chi connectivity index (χ1n) is 9.66. The first-order valence-corrected chi connectivity index (χ1v) is 10.0. The monoisotopic (exact) mass is 393 g/mol. The van der Waals surface area contributed by atoms with Crippen molar-refractivity contribution in [1.82, 2.24) is 9.97 Å². The molecule has 144 valence electrons. The lowest BCUT2D eigenvalue weighted by molar-refractivity contribution is 0.640. The zero-order valence-electron chi connectivity index (χ0n) is 16.0. The molecule has 2 heterocycles. The van der Waals surface area contributed by atoms with Gasteiger partial charge >= 0.3 is 0 Å². The van der Waals surface area contributed by atoms with Crippen LogP contribution in [0.5, 0.6) is 0 Å². The van der Waals surface area contributed by atoms with Crippen LogP contribution < -0.4 is 15.1 Å². The normalized spacial score (nSPS) is 14.2. The fourth-order valence-electron chi connectivity index (χ4n) is 3.50. The highest BCUT2D eigenvalue weighted by Crippen LogP contribution is 2.24. The highest BCUT2D eigenvalue weighted by Gasteiger charge is 2.19. The number of aromatic nitrogens is 2. The van der Waals surface area contributed by atoms with Gasteiger partial charge in [0.1, 0.15) is 5.82 Å². The van der Waals surface area contributed by atoms with E-state index in [-0.39, 0.29) is 0 Å². The Morgan fingerprint density at radius 1 is 0.964 bits per heavy atom. The van der Waals surface area contributed by atoms with Crippen LogP contribution in [0, 0.1) is 0 Å². The lowest BCUT2D eigenvalue weighted by Gasteiger charge is -2.36. The van der Waals surface area contributed by atoms with Crippen LogP contribution in [-0.2, 0) is 6.42 Å². The van der Waals surface area contributed by atoms with Gasteiger partial charge in [0.2, 0.25) is 5.95 Å². The molecule has 0 aliphatic carbocycles. The van der Waals surface area contributed by atoms with Crippen molar-refractivity contribution in [3.8, 4) is 0 Å². The molecular weight excluding hydrogens is 370 g/mol. The highest BCUT2D eigenvalue weighted by atomic mass is 35.5. The Labute approximate surface area is 171 Å². The van der Waals surface area contributed by atoms with E-state index in [1.54, 1.807) is 0 Å². The molecule has 1 aromatic heterocycles. The van der Waals surface area contributed by atoms with E-state index in [4.69, 9.17) is 16.6 Å². The van der Waals surface area contributed by atoms with Crippen LogP contribution in [0.15, 0.2) is 60.8 Å². The molecule has 0 unspecified atom stereocenters. The van der Waals surface area contributed by atoms with Crippen LogP contribution >= 0.6 is 11.6 Å². The third kappa shape index (κ3) is 4.20. The van der Waals surface area contributed by atoms with Crippen molar-refractivity contribution in [3.63, 3.8) is 0 Å². The summed E-state index contributed by atoms with van der Waals surface area (Å²) >= 11 is 6.13. The summed E-state index contributed by atoms with van der Waals surface area (Å²) in [4.78, 5) is 13.8. The minimum absolute atomic E-state index is 0.768. The maximum atomic E-state index is 6.13. The molecule has 0 atom stereocenters. The quantitative estimate of drug-likeness (QED) is 0.676. The summed E-state index contributed by atoms with van der Waals surface area (Å²) in [6.07, 6.45) is 2.80. The number of benzene rings is 2. The molecule has 5 nitrogen and oxygen atoms in total. The average Bonchev–Trinajstić information content (AvgIpc) is 2.74. The molecule has 0 spiro atoms. The van der Waals surface area contributed by atoms with Gasteiger partial charge in [-0.1, -0.05) is 42.8 Å². The Kier molecular flexibility index (Phi) is 5.63. The second-order valence-corrected chi connectivity index (χ2v) is 7.27. The smallest absolute Gasteiger partial charge is 0.227 e. The summed E-state index contributed by atoms with van der Waals surface area (Å²) in [6.45, 7) is 5.74. The average molecular weight is 394 g/mol. The number of rotatable bonds is 5. The van der Waals surface area contributed by atoms with Crippen molar-refractivity contribution in [2.24, 2.45) is 0 Å². The Balaban J connectivity index is 1.44. The molecule has 4 rings (SSSR count). The van der Waals surface area contributed by atoms with Crippen molar-refractivity contribution in [2.45, 2.75) is 13.3 Å². The van der Waals surface area contributed by atoms with Crippen molar-refractivity contribution >= 4 is 34.7 Å². The van der Waals surface area contributed by atoms with Crippen LogP contribution in [-0.4, -0.2) is 36.1 Å². The molecule has 1 fully saturated rings. The van der Waals surface area contributed by atoms with Crippen LogP contribution in [0.25, 0.3) is 0 Å². The van der Waals surface area contributed by atoms with Crippen LogP contribution in [0.2, 0.25) is 5.02 Å². The number of piperazine rings is 1. The Morgan fingerprint density at radius 2 is 1.75 bits per heavy atom. The number of para-hydroxylation sites is 1. The van der Waals surface area contributed by atoms with Crippen LogP contribution in [0.3, 0.4) is 0 Å². The number of hydrogen-bond acceptors (Lipinski definition) is 5. The van der Waals surface area contributed by atoms with Gasteiger partial charge in [-0.2, -0.15) is 4.98 Å². The summed E-state index contributed by atoms with van der Waals surface area (Å²) < 4.78 is 0. The van der Waals surface area contributed by atoms with E-state index in [2.05, 4.69) is 51.3 Å². The molecule has 3 aromatic rings. The van der Waals surface area contributed by atoms with E-state index < -0.39 is 0 Å².